The van der Waals surface area contributed by atoms with Crippen molar-refractivity contribution in [3.63, 3.8) is 0 Å². The number of amides is 2. The van der Waals surface area contributed by atoms with Gasteiger partial charge in [-0.2, -0.15) is 0 Å². The zero-order valence-electron chi connectivity index (χ0n) is 13.4. The number of aliphatic hydroxyl groups is 4. The average molecular weight is 340 g/mol. The van der Waals surface area contributed by atoms with Crippen LogP contribution in [0.5, 0.6) is 0 Å². The van der Waals surface area contributed by atoms with Crippen LogP contribution in [0.2, 0.25) is 0 Å². The predicted octanol–water partition coefficient (Wildman–Crippen LogP) is -1.98. The van der Waals surface area contributed by atoms with Crippen molar-refractivity contribution in [3.8, 4) is 0 Å². The van der Waals surface area contributed by atoms with Gasteiger partial charge < -0.3 is 31.9 Å². The number of hydrogen-bond acceptors (Lipinski definition) is 6. The van der Waals surface area contributed by atoms with Crippen LogP contribution in [0.15, 0.2) is 0 Å². The van der Waals surface area contributed by atoms with Gasteiger partial charge in [0.2, 0.25) is 11.8 Å². The molecule has 0 aliphatic heterocycles. The molecule has 0 bridgehead atoms. The maximum Gasteiger partial charge on any atom is 0.249 e. The topological polar surface area (TPSA) is 167 Å². The molecule has 0 aromatic heterocycles. The normalized spacial score (nSPS) is 10.8. The zero-order valence-corrected chi connectivity index (χ0v) is 13.4. The quantitative estimate of drug-likeness (QED) is 0.289. The van der Waals surface area contributed by atoms with Crippen LogP contribution in [0.3, 0.4) is 0 Å². The Hall–Kier alpha value is -2.00. The van der Waals surface area contributed by atoms with E-state index in [-0.39, 0.29) is 68.8 Å². The summed E-state index contributed by atoms with van der Waals surface area (Å²) in [6, 6.07) is 0. The first-order valence-corrected chi connectivity index (χ1v) is 7.66. The van der Waals surface area contributed by atoms with E-state index in [0.717, 1.165) is 0 Å². The van der Waals surface area contributed by atoms with E-state index in [4.69, 9.17) is 11.5 Å². The van der Waals surface area contributed by atoms with Gasteiger partial charge >= 0.3 is 0 Å². The van der Waals surface area contributed by atoms with Gasteiger partial charge in [-0.1, -0.05) is 0 Å². The number of hydrogen-bond donors (Lipinski definition) is 6. The predicted molar refractivity (Wildman–Crippen MR) is 86.6 cm³/mol. The molecule has 0 aliphatic rings. The molecule has 0 radical (unpaired) electrons. The van der Waals surface area contributed by atoms with Crippen molar-refractivity contribution < 1.29 is 30.0 Å². The van der Waals surface area contributed by atoms with Crippen molar-refractivity contribution >= 4 is 11.8 Å². The number of nitrogens with two attached hydrogens (primary N) is 2. The fourth-order valence-electron chi connectivity index (χ4n) is 3.12. The van der Waals surface area contributed by atoms with Crippen LogP contribution < -0.4 is 11.5 Å². The molecule has 1 aromatic carbocycles. The van der Waals surface area contributed by atoms with Gasteiger partial charge in [0.15, 0.2) is 0 Å². The molecule has 0 heterocycles. The summed E-state index contributed by atoms with van der Waals surface area (Å²) in [5.74, 6) is -1.61. The number of carbonyl (C=O) groups excluding carboxylic acids is 2. The summed E-state index contributed by atoms with van der Waals surface area (Å²) < 4.78 is 0. The Morgan fingerprint density at radius 1 is 0.583 bits per heavy atom. The van der Waals surface area contributed by atoms with Crippen molar-refractivity contribution in [2.45, 2.75) is 25.7 Å². The minimum absolute atomic E-state index is 0.0210. The van der Waals surface area contributed by atoms with Gasteiger partial charge in [0.1, 0.15) is 0 Å². The van der Waals surface area contributed by atoms with Gasteiger partial charge in [0.25, 0.3) is 0 Å². The smallest absolute Gasteiger partial charge is 0.249 e. The fourth-order valence-corrected chi connectivity index (χ4v) is 3.12. The number of benzene rings is 1. The van der Waals surface area contributed by atoms with Crippen LogP contribution in [0.1, 0.15) is 43.0 Å². The summed E-state index contributed by atoms with van der Waals surface area (Å²) in [6.45, 7) is -1.14. The molecule has 0 spiro atoms. The van der Waals surface area contributed by atoms with E-state index in [0.29, 0.717) is 16.7 Å². The van der Waals surface area contributed by atoms with E-state index in [1.807, 2.05) is 0 Å². The van der Waals surface area contributed by atoms with Crippen molar-refractivity contribution in [2.24, 2.45) is 11.5 Å². The number of carbonyl (C=O) groups is 2. The molecule has 0 saturated heterocycles. The highest BCUT2D eigenvalue weighted by molar-refractivity contribution is 6.03. The molecule has 8 heteroatoms. The third kappa shape index (κ3) is 4.09. The summed E-state index contributed by atoms with van der Waals surface area (Å²) in [7, 11) is 0. The molecule has 24 heavy (non-hydrogen) atoms. The lowest BCUT2D eigenvalue weighted by molar-refractivity contribution is 0.0997. The first kappa shape index (κ1) is 20.0. The summed E-state index contributed by atoms with van der Waals surface area (Å²) in [6.07, 6.45) is 0.268. The van der Waals surface area contributed by atoms with Crippen LogP contribution >= 0.6 is 0 Å². The summed E-state index contributed by atoms with van der Waals surface area (Å²) in [5, 5.41) is 37.3. The summed E-state index contributed by atoms with van der Waals surface area (Å²) in [5.41, 5.74) is 12.5. The minimum atomic E-state index is -0.806. The molecule has 0 fully saturated rings. The van der Waals surface area contributed by atoms with E-state index in [9.17, 15) is 30.0 Å². The summed E-state index contributed by atoms with van der Waals surface area (Å²) >= 11 is 0. The molecule has 0 saturated carbocycles. The van der Waals surface area contributed by atoms with Gasteiger partial charge in [-0.25, -0.2) is 0 Å². The Morgan fingerprint density at radius 2 is 0.875 bits per heavy atom. The van der Waals surface area contributed by atoms with Gasteiger partial charge in [-0.05, 0) is 47.9 Å². The van der Waals surface area contributed by atoms with Crippen LogP contribution in [0, 0.1) is 0 Å². The largest absolute Gasteiger partial charge is 0.396 e. The Labute approximate surface area is 139 Å². The Balaban J connectivity index is 3.97. The third-order valence-electron chi connectivity index (χ3n) is 3.88. The lowest BCUT2D eigenvalue weighted by atomic mass is 9.81. The maximum atomic E-state index is 12.0. The lowest BCUT2D eigenvalue weighted by Gasteiger charge is -2.23. The molecule has 0 aliphatic carbocycles. The standard InChI is InChI=1S/C16H24N2O6/c17-15(23)13-10(2-6-20)9(1-5-19)11(3-7-21)14(16(18)24)12(13)4-8-22/h19-22H,1-8H2,(H2,17,23)(H2,18,24). The van der Waals surface area contributed by atoms with E-state index in [1.165, 1.54) is 0 Å². The number of rotatable bonds is 10. The van der Waals surface area contributed by atoms with Crippen LogP contribution in [-0.4, -0.2) is 58.7 Å². The van der Waals surface area contributed by atoms with Crippen molar-refractivity contribution in [2.75, 3.05) is 26.4 Å². The van der Waals surface area contributed by atoms with Gasteiger partial charge in [0.05, 0.1) is 0 Å². The summed E-state index contributed by atoms with van der Waals surface area (Å²) in [4.78, 5) is 24.0. The van der Waals surface area contributed by atoms with Gasteiger partial charge in [-0.15, -0.1) is 0 Å². The van der Waals surface area contributed by atoms with Gasteiger partial charge in [-0.3, -0.25) is 9.59 Å². The van der Waals surface area contributed by atoms with Crippen LogP contribution in [0.25, 0.3) is 0 Å². The zero-order chi connectivity index (χ0) is 18.3. The Kier molecular flexibility index (Phi) is 7.80. The SMILES string of the molecule is NC(=O)c1c(CCO)c(CCO)c(CCO)c(C(N)=O)c1CCO. The monoisotopic (exact) mass is 340 g/mol. The van der Waals surface area contributed by atoms with E-state index in [2.05, 4.69) is 0 Å². The lowest BCUT2D eigenvalue weighted by Crippen LogP contribution is -2.27. The highest BCUT2D eigenvalue weighted by Gasteiger charge is 2.27. The van der Waals surface area contributed by atoms with Crippen LogP contribution in [0.4, 0.5) is 0 Å². The molecular weight excluding hydrogens is 316 g/mol. The Morgan fingerprint density at radius 3 is 1.17 bits per heavy atom. The molecule has 8 nitrogen and oxygen atoms in total. The molecule has 1 aromatic rings. The highest BCUT2D eigenvalue weighted by Crippen LogP contribution is 2.30. The molecule has 1 rings (SSSR count). The van der Waals surface area contributed by atoms with Crippen molar-refractivity contribution in [1.82, 2.24) is 0 Å². The second-order valence-electron chi connectivity index (χ2n) is 5.29. The Bertz CT molecular complexity index is 570. The molecule has 134 valence electrons. The van der Waals surface area contributed by atoms with E-state index < -0.39 is 11.8 Å². The average Bonchev–Trinajstić information content (AvgIpc) is 2.50. The number of aliphatic hydroxyl groups excluding tert-OH is 4. The molecule has 8 N–H and O–H groups in total. The number of primary amides is 2. The first-order valence-electron chi connectivity index (χ1n) is 7.66. The third-order valence-corrected chi connectivity index (χ3v) is 3.88. The minimum Gasteiger partial charge on any atom is -0.396 e. The molecular formula is C16H24N2O6. The van der Waals surface area contributed by atoms with Gasteiger partial charge in [0, 0.05) is 37.6 Å². The van der Waals surface area contributed by atoms with E-state index in [1.54, 1.807) is 0 Å². The first-order chi connectivity index (χ1) is 11.4. The highest BCUT2D eigenvalue weighted by atomic mass is 16.3. The molecule has 2 amide bonds. The second-order valence-corrected chi connectivity index (χ2v) is 5.29. The van der Waals surface area contributed by atoms with Crippen molar-refractivity contribution in [1.29, 1.82) is 0 Å². The maximum absolute atomic E-state index is 12.0. The second kappa shape index (κ2) is 9.33. The molecule has 0 atom stereocenters. The van der Waals surface area contributed by atoms with Crippen LogP contribution in [-0.2, 0) is 25.7 Å². The fraction of sp³-hybridized carbons (Fsp3) is 0.500. The van der Waals surface area contributed by atoms with E-state index >= 15 is 0 Å². The van der Waals surface area contributed by atoms with Crippen molar-refractivity contribution in [3.05, 3.63) is 33.4 Å². The molecule has 0 unspecified atom stereocenters.